The summed E-state index contributed by atoms with van der Waals surface area (Å²) in [6.07, 6.45) is -2.85. The molecular weight excluding hydrogens is 195 g/mol. The van der Waals surface area contributed by atoms with Crippen LogP contribution in [0.1, 0.15) is 11.1 Å². The van der Waals surface area contributed by atoms with Gasteiger partial charge in [-0.2, -0.15) is 13.2 Å². The lowest BCUT2D eigenvalue weighted by Crippen LogP contribution is -2.20. The first kappa shape index (κ1) is 10.8. The molecule has 1 rings (SSSR count). The van der Waals surface area contributed by atoms with Crippen molar-refractivity contribution in [3.8, 4) is 5.88 Å². The minimum absolute atomic E-state index is 0.0351. The van der Waals surface area contributed by atoms with Gasteiger partial charge in [0.15, 0.2) is 6.61 Å². The molecule has 0 aliphatic rings. The van der Waals surface area contributed by atoms with Gasteiger partial charge in [0.1, 0.15) is 0 Å². The Morgan fingerprint density at radius 3 is 2.50 bits per heavy atom. The van der Waals surface area contributed by atoms with Crippen molar-refractivity contribution in [2.45, 2.75) is 20.0 Å². The van der Waals surface area contributed by atoms with Gasteiger partial charge in [-0.25, -0.2) is 4.98 Å². The summed E-state index contributed by atoms with van der Waals surface area (Å²) < 4.78 is 39.9. The fraction of sp³-hybridized carbons (Fsp3) is 0.444. The lowest BCUT2D eigenvalue weighted by atomic mass is 10.2. The van der Waals surface area contributed by atoms with Crippen LogP contribution >= 0.6 is 0 Å². The number of aromatic nitrogens is 1. The first-order chi connectivity index (χ1) is 6.38. The predicted octanol–water partition coefficient (Wildman–Crippen LogP) is 2.64. The summed E-state index contributed by atoms with van der Waals surface area (Å²) in [6.45, 7) is 2.17. The Morgan fingerprint density at radius 1 is 1.36 bits per heavy atom. The predicted molar refractivity (Wildman–Crippen MR) is 45.3 cm³/mol. The Morgan fingerprint density at radius 2 is 2.00 bits per heavy atom. The van der Waals surface area contributed by atoms with Crippen LogP contribution < -0.4 is 4.74 Å². The Hall–Kier alpha value is -1.26. The van der Waals surface area contributed by atoms with E-state index in [0.717, 1.165) is 5.56 Å². The summed E-state index contributed by atoms with van der Waals surface area (Å²) >= 11 is 0. The molecule has 5 heteroatoms. The van der Waals surface area contributed by atoms with Crippen LogP contribution in [0.15, 0.2) is 12.3 Å². The molecule has 14 heavy (non-hydrogen) atoms. The molecule has 1 heterocycles. The third-order valence-electron chi connectivity index (χ3n) is 1.54. The standard InChI is InChI=1S/C9H10F3NO/c1-6-3-7(2)8(13-4-6)14-5-9(10,11)12/h3-4H,5H2,1-2H3. The van der Waals surface area contributed by atoms with Gasteiger partial charge in [0, 0.05) is 11.8 Å². The molecule has 0 fully saturated rings. The van der Waals surface area contributed by atoms with E-state index in [4.69, 9.17) is 0 Å². The molecule has 0 aromatic carbocycles. The van der Waals surface area contributed by atoms with E-state index in [2.05, 4.69) is 9.72 Å². The summed E-state index contributed by atoms with van der Waals surface area (Å²) in [4.78, 5) is 3.76. The molecule has 0 radical (unpaired) electrons. The van der Waals surface area contributed by atoms with Gasteiger partial charge in [-0.3, -0.25) is 0 Å². The van der Waals surface area contributed by atoms with E-state index in [1.54, 1.807) is 13.0 Å². The summed E-state index contributed by atoms with van der Waals surface area (Å²) in [6, 6.07) is 1.72. The number of ether oxygens (including phenoxy) is 1. The number of rotatable bonds is 2. The molecule has 0 aliphatic carbocycles. The van der Waals surface area contributed by atoms with E-state index in [0.29, 0.717) is 5.56 Å². The molecule has 78 valence electrons. The molecule has 2 nitrogen and oxygen atoms in total. The number of alkyl halides is 3. The van der Waals surface area contributed by atoms with E-state index in [1.165, 1.54) is 6.20 Å². The van der Waals surface area contributed by atoms with Crippen LogP contribution in [0.2, 0.25) is 0 Å². The van der Waals surface area contributed by atoms with Gasteiger partial charge in [-0.15, -0.1) is 0 Å². The number of hydrogen-bond donors (Lipinski definition) is 0. The zero-order valence-corrected chi connectivity index (χ0v) is 7.85. The fourth-order valence-electron chi connectivity index (χ4n) is 1.00. The highest BCUT2D eigenvalue weighted by atomic mass is 19.4. The Bertz CT molecular complexity index is 322. The topological polar surface area (TPSA) is 22.1 Å². The van der Waals surface area contributed by atoms with Gasteiger partial charge in [0.2, 0.25) is 5.88 Å². The monoisotopic (exact) mass is 205 g/mol. The van der Waals surface area contributed by atoms with E-state index >= 15 is 0 Å². The second-order valence-electron chi connectivity index (χ2n) is 3.04. The van der Waals surface area contributed by atoms with Gasteiger partial charge in [-0.1, -0.05) is 0 Å². The van der Waals surface area contributed by atoms with Crippen molar-refractivity contribution < 1.29 is 17.9 Å². The normalized spacial score (nSPS) is 11.5. The van der Waals surface area contributed by atoms with Gasteiger partial charge < -0.3 is 4.74 Å². The summed E-state index contributed by atoms with van der Waals surface area (Å²) in [5.74, 6) is 0.0351. The number of nitrogens with zero attached hydrogens (tertiary/aromatic N) is 1. The second kappa shape index (κ2) is 3.86. The quantitative estimate of drug-likeness (QED) is 0.740. The van der Waals surface area contributed by atoms with Crippen molar-refractivity contribution in [2.24, 2.45) is 0 Å². The average molecular weight is 205 g/mol. The first-order valence-electron chi connectivity index (χ1n) is 4.01. The Labute approximate surface area is 79.7 Å². The van der Waals surface area contributed by atoms with Gasteiger partial charge in [0.05, 0.1) is 0 Å². The van der Waals surface area contributed by atoms with Crippen LogP contribution in [0.4, 0.5) is 13.2 Å². The van der Waals surface area contributed by atoms with E-state index in [1.807, 2.05) is 6.92 Å². The van der Waals surface area contributed by atoms with Crippen molar-refractivity contribution in [1.82, 2.24) is 4.98 Å². The average Bonchev–Trinajstić information content (AvgIpc) is 2.00. The molecule has 0 bridgehead atoms. The second-order valence-corrected chi connectivity index (χ2v) is 3.04. The largest absolute Gasteiger partial charge is 0.468 e. The minimum atomic E-state index is -4.32. The van der Waals surface area contributed by atoms with Crippen LogP contribution in [-0.4, -0.2) is 17.8 Å². The minimum Gasteiger partial charge on any atom is -0.468 e. The third kappa shape index (κ3) is 3.24. The number of pyridine rings is 1. The molecular formula is C9H10F3NO. The lowest BCUT2D eigenvalue weighted by Gasteiger charge is -2.10. The van der Waals surface area contributed by atoms with Crippen molar-refractivity contribution >= 4 is 0 Å². The molecule has 1 aromatic rings. The van der Waals surface area contributed by atoms with Crippen LogP contribution in [-0.2, 0) is 0 Å². The van der Waals surface area contributed by atoms with Crippen molar-refractivity contribution in [3.05, 3.63) is 23.4 Å². The smallest absolute Gasteiger partial charge is 0.422 e. The van der Waals surface area contributed by atoms with Crippen LogP contribution in [0, 0.1) is 13.8 Å². The van der Waals surface area contributed by atoms with Crippen molar-refractivity contribution in [2.75, 3.05) is 6.61 Å². The highest BCUT2D eigenvalue weighted by molar-refractivity contribution is 5.27. The SMILES string of the molecule is Cc1cnc(OCC(F)(F)F)c(C)c1. The zero-order valence-electron chi connectivity index (χ0n) is 7.85. The summed E-state index contributed by atoms with van der Waals surface area (Å²) in [7, 11) is 0. The maximum Gasteiger partial charge on any atom is 0.422 e. The molecule has 0 unspecified atom stereocenters. The maximum absolute atomic E-state index is 11.8. The van der Waals surface area contributed by atoms with Crippen molar-refractivity contribution in [1.29, 1.82) is 0 Å². The van der Waals surface area contributed by atoms with Crippen LogP contribution in [0.5, 0.6) is 5.88 Å². The molecule has 0 spiro atoms. The number of halogens is 3. The van der Waals surface area contributed by atoms with Gasteiger partial charge in [0.25, 0.3) is 0 Å². The highest BCUT2D eigenvalue weighted by Crippen LogP contribution is 2.19. The van der Waals surface area contributed by atoms with Crippen LogP contribution in [0.25, 0.3) is 0 Å². The molecule has 0 atom stereocenters. The first-order valence-corrected chi connectivity index (χ1v) is 4.01. The molecule has 0 saturated heterocycles. The number of aryl methyl sites for hydroxylation is 2. The van der Waals surface area contributed by atoms with Gasteiger partial charge >= 0.3 is 6.18 Å². The van der Waals surface area contributed by atoms with Gasteiger partial charge in [-0.05, 0) is 25.5 Å². The Kier molecular flexibility index (Phi) is 2.98. The van der Waals surface area contributed by atoms with Crippen LogP contribution in [0.3, 0.4) is 0 Å². The zero-order chi connectivity index (χ0) is 10.8. The third-order valence-corrected chi connectivity index (χ3v) is 1.54. The molecule has 1 aromatic heterocycles. The highest BCUT2D eigenvalue weighted by Gasteiger charge is 2.28. The number of hydrogen-bond acceptors (Lipinski definition) is 2. The van der Waals surface area contributed by atoms with Crippen molar-refractivity contribution in [3.63, 3.8) is 0 Å². The molecule has 0 saturated carbocycles. The maximum atomic E-state index is 11.8. The van der Waals surface area contributed by atoms with E-state index in [-0.39, 0.29) is 5.88 Å². The summed E-state index contributed by atoms with van der Waals surface area (Å²) in [5.41, 5.74) is 1.50. The Balaban J connectivity index is 2.68. The van der Waals surface area contributed by atoms with E-state index < -0.39 is 12.8 Å². The molecule has 0 aliphatic heterocycles. The lowest BCUT2D eigenvalue weighted by molar-refractivity contribution is -0.154. The summed E-state index contributed by atoms with van der Waals surface area (Å²) in [5, 5.41) is 0. The molecule has 0 N–H and O–H groups in total. The fourth-order valence-corrected chi connectivity index (χ4v) is 1.00. The van der Waals surface area contributed by atoms with E-state index in [9.17, 15) is 13.2 Å². The molecule has 0 amide bonds.